The van der Waals surface area contributed by atoms with E-state index in [1.165, 1.54) is 6.08 Å². The molecule has 10 heavy (non-hydrogen) atoms. The fourth-order valence-corrected chi connectivity index (χ4v) is 0.271. The molecule has 0 N–H and O–H groups in total. The van der Waals surface area contributed by atoms with Crippen molar-refractivity contribution < 1.29 is 32.7 Å². The Hall–Kier alpha value is 0.0639. The first-order valence-corrected chi connectivity index (χ1v) is 2.41. The molecule has 53 valence electrons. The number of allylic oxidation sites excluding steroid dienone is 6. The Morgan fingerprint density at radius 1 is 1.00 bits per heavy atom. The molecule has 0 bridgehead atoms. The van der Waals surface area contributed by atoms with E-state index in [1.54, 1.807) is 12.2 Å². The largest absolute Gasteiger partial charge is 0.358 e. The minimum absolute atomic E-state index is 0. The van der Waals surface area contributed by atoms with Gasteiger partial charge in [0.15, 0.2) is 0 Å². The summed E-state index contributed by atoms with van der Waals surface area (Å²) in [6, 6.07) is 0. The fourth-order valence-electron chi connectivity index (χ4n) is 0.271. The van der Waals surface area contributed by atoms with Crippen LogP contribution in [0.3, 0.4) is 0 Å². The molecule has 0 aromatic heterocycles. The monoisotopic (exact) mass is 209 g/mol. The molecule has 0 fully saturated rings. The van der Waals surface area contributed by atoms with Crippen LogP contribution in [0.25, 0.3) is 0 Å². The van der Waals surface area contributed by atoms with Crippen LogP contribution >= 0.6 is 0 Å². The topological polar surface area (TPSA) is 0 Å². The third kappa shape index (κ3) is 15.7. The van der Waals surface area contributed by atoms with Crippen molar-refractivity contribution in [1.82, 2.24) is 0 Å². The summed E-state index contributed by atoms with van der Waals surface area (Å²) < 4.78 is 0. The van der Waals surface area contributed by atoms with Gasteiger partial charge in [0.05, 0.1) is 0 Å². The van der Waals surface area contributed by atoms with Crippen molar-refractivity contribution >= 4 is 0 Å². The zero-order chi connectivity index (χ0) is 6.24. The predicted molar refractivity (Wildman–Crippen MR) is 43.8 cm³/mol. The molecule has 1 radical (unpaired) electrons. The second kappa shape index (κ2) is 16.0. The third-order valence-electron chi connectivity index (χ3n) is 0.581. The second-order valence-electron chi connectivity index (χ2n) is 1.20. The molecule has 0 saturated carbocycles. The van der Waals surface area contributed by atoms with Crippen molar-refractivity contribution in [3.63, 3.8) is 0 Å². The van der Waals surface area contributed by atoms with Crippen molar-refractivity contribution in [2.75, 3.05) is 0 Å². The minimum atomic E-state index is 0. The summed E-state index contributed by atoms with van der Waals surface area (Å²) in [5.41, 5.74) is 0. The van der Waals surface area contributed by atoms with Gasteiger partial charge in [-0.3, -0.25) is 6.58 Å². The molecule has 0 aliphatic rings. The Bertz CT molecular complexity index is 105. The average Bonchev–Trinajstić information content (AvgIpc) is 1.81. The number of rotatable bonds is 3. The van der Waals surface area contributed by atoms with E-state index >= 15 is 0 Å². The third-order valence-corrected chi connectivity index (χ3v) is 0.581. The van der Waals surface area contributed by atoms with Crippen LogP contribution in [-0.2, 0) is 32.7 Å². The molecule has 0 unspecified atom stereocenters. The van der Waals surface area contributed by atoms with E-state index in [-0.39, 0.29) is 40.1 Å². The SMILES string of the molecule is [CH-]=CC=CC=CC=C.[CH3-].[Y]. The van der Waals surface area contributed by atoms with Crippen molar-refractivity contribution in [2.45, 2.75) is 0 Å². The summed E-state index contributed by atoms with van der Waals surface area (Å²) in [5.74, 6) is 0. The standard InChI is InChI=1S/C8H9.CH3.Y/c1-3-5-7-8-6-4-2;;/h1,3-8H,2H2;1H3;/q2*-1;. The quantitative estimate of drug-likeness (QED) is 0.495. The van der Waals surface area contributed by atoms with Crippen LogP contribution in [0.4, 0.5) is 0 Å². The van der Waals surface area contributed by atoms with Gasteiger partial charge in [0, 0.05) is 32.7 Å². The van der Waals surface area contributed by atoms with Crippen LogP contribution in [-0.4, -0.2) is 0 Å². The molecule has 0 rings (SSSR count). The van der Waals surface area contributed by atoms with Crippen LogP contribution in [0.15, 0.2) is 43.0 Å². The summed E-state index contributed by atoms with van der Waals surface area (Å²) in [6.45, 7) is 8.54. The van der Waals surface area contributed by atoms with E-state index in [0.717, 1.165) is 0 Å². The molecule has 0 atom stereocenters. The summed E-state index contributed by atoms with van der Waals surface area (Å²) in [7, 11) is 0. The van der Waals surface area contributed by atoms with Crippen molar-refractivity contribution in [2.24, 2.45) is 0 Å². The Morgan fingerprint density at radius 2 is 1.50 bits per heavy atom. The van der Waals surface area contributed by atoms with Gasteiger partial charge in [-0.15, -0.1) is 6.08 Å². The van der Waals surface area contributed by atoms with Gasteiger partial charge in [-0.2, -0.15) is 0 Å². The molecule has 0 heterocycles. The van der Waals surface area contributed by atoms with E-state index < -0.39 is 0 Å². The minimum Gasteiger partial charge on any atom is -0.358 e. The molecular weight excluding hydrogens is 197 g/mol. The first-order chi connectivity index (χ1) is 3.91. The molecule has 0 nitrogen and oxygen atoms in total. The van der Waals surface area contributed by atoms with Gasteiger partial charge in [-0.25, -0.2) is 12.2 Å². The van der Waals surface area contributed by atoms with E-state index in [2.05, 4.69) is 6.58 Å². The molecule has 1 heteroatoms. The zero-order valence-corrected chi connectivity index (χ0v) is 9.16. The molecule has 0 amide bonds. The van der Waals surface area contributed by atoms with E-state index in [1.807, 2.05) is 18.2 Å². The molecule has 0 aliphatic heterocycles. The van der Waals surface area contributed by atoms with E-state index in [0.29, 0.717) is 0 Å². The second-order valence-corrected chi connectivity index (χ2v) is 1.20. The Morgan fingerprint density at radius 3 is 1.90 bits per heavy atom. The summed E-state index contributed by atoms with van der Waals surface area (Å²) >= 11 is 0. The van der Waals surface area contributed by atoms with Crippen molar-refractivity contribution in [3.8, 4) is 0 Å². The molecular formula is C9H12Y-2. The number of hydrogen-bond donors (Lipinski definition) is 0. The van der Waals surface area contributed by atoms with Gasteiger partial charge < -0.3 is 7.43 Å². The van der Waals surface area contributed by atoms with Crippen molar-refractivity contribution in [3.05, 3.63) is 57.0 Å². The molecule has 0 aromatic carbocycles. The van der Waals surface area contributed by atoms with Gasteiger partial charge in [-0.1, -0.05) is 24.8 Å². The maximum Gasteiger partial charge on any atom is 0 e. The van der Waals surface area contributed by atoms with Gasteiger partial charge in [0.2, 0.25) is 0 Å². The maximum absolute atomic E-state index is 5.04. The van der Waals surface area contributed by atoms with Crippen LogP contribution in [0.5, 0.6) is 0 Å². The van der Waals surface area contributed by atoms with Crippen LogP contribution in [0.2, 0.25) is 0 Å². The molecule has 0 saturated heterocycles. The van der Waals surface area contributed by atoms with E-state index in [4.69, 9.17) is 6.58 Å². The first-order valence-electron chi connectivity index (χ1n) is 2.41. The van der Waals surface area contributed by atoms with Crippen LogP contribution in [0.1, 0.15) is 0 Å². The van der Waals surface area contributed by atoms with Gasteiger partial charge in [-0.05, 0) is 0 Å². The van der Waals surface area contributed by atoms with Gasteiger partial charge in [0.25, 0.3) is 0 Å². The Balaban J connectivity index is -0.000000245. The van der Waals surface area contributed by atoms with E-state index in [9.17, 15) is 0 Å². The zero-order valence-electron chi connectivity index (χ0n) is 6.33. The average molecular weight is 209 g/mol. The first kappa shape index (κ1) is 16.6. The van der Waals surface area contributed by atoms with Crippen molar-refractivity contribution in [1.29, 1.82) is 0 Å². The Labute approximate surface area is 89.3 Å². The van der Waals surface area contributed by atoms with Gasteiger partial charge >= 0.3 is 0 Å². The fraction of sp³-hybridized carbons (Fsp3) is 0. The van der Waals surface area contributed by atoms with Gasteiger partial charge in [0.1, 0.15) is 0 Å². The summed E-state index contributed by atoms with van der Waals surface area (Å²) in [6.07, 6.45) is 10.5. The summed E-state index contributed by atoms with van der Waals surface area (Å²) in [4.78, 5) is 0. The molecule has 0 spiro atoms. The molecule has 0 aliphatic carbocycles. The summed E-state index contributed by atoms with van der Waals surface area (Å²) in [5, 5.41) is 0. The molecule has 0 aromatic rings. The van der Waals surface area contributed by atoms with Crippen LogP contribution < -0.4 is 0 Å². The predicted octanol–water partition coefficient (Wildman–Crippen LogP) is 2.72. The smallest absolute Gasteiger partial charge is 0 e. The Kier molecular flexibility index (Phi) is 26.6. The van der Waals surface area contributed by atoms with Crippen LogP contribution in [0, 0.1) is 14.0 Å². The maximum atomic E-state index is 5.04. The number of hydrogen-bond acceptors (Lipinski definition) is 0. The normalized spacial score (nSPS) is 8.40.